The number of hydrogen-bond donors (Lipinski definition) is 0. The summed E-state index contributed by atoms with van der Waals surface area (Å²) in [7, 11) is 0. The van der Waals surface area contributed by atoms with Crippen molar-refractivity contribution in [1.29, 1.82) is 0 Å². The molecular formula is C26H26ClF3N4O2. The van der Waals surface area contributed by atoms with Crippen molar-refractivity contribution in [3.63, 3.8) is 0 Å². The molecule has 0 spiro atoms. The van der Waals surface area contributed by atoms with E-state index in [1.54, 1.807) is 35.2 Å². The average molecular weight is 519 g/mol. The number of anilines is 1. The Labute approximate surface area is 212 Å². The van der Waals surface area contributed by atoms with Crippen molar-refractivity contribution in [2.45, 2.75) is 56.7 Å². The molecule has 1 aromatic heterocycles. The predicted molar refractivity (Wildman–Crippen MR) is 129 cm³/mol. The summed E-state index contributed by atoms with van der Waals surface area (Å²) in [6, 6.07) is 10.9. The molecule has 0 N–H and O–H groups in total. The number of rotatable bonds is 6. The number of carbonyl (C=O) groups is 1. The highest BCUT2D eigenvalue weighted by molar-refractivity contribution is 6.30. The van der Waals surface area contributed by atoms with E-state index in [0.717, 1.165) is 37.8 Å². The minimum absolute atomic E-state index is 0.232. The van der Waals surface area contributed by atoms with Gasteiger partial charge in [-0.25, -0.2) is 4.79 Å². The van der Waals surface area contributed by atoms with Gasteiger partial charge in [0, 0.05) is 36.1 Å². The molecule has 3 aromatic rings. The fourth-order valence-corrected chi connectivity index (χ4v) is 5.16. The van der Waals surface area contributed by atoms with Gasteiger partial charge in [-0.05, 0) is 54.8 Å². The molecule has 0 radical (unpaired) electrons. The van der Waals surface area contributed by atoms with Crippen LogP contribution in [0, 0.1) is 0 Å². The fourth-order valence-electron chi connectivity index (χ4n) is 5.03. The standard InChI is InChI=1S/C26H26ClF3N4O2/c27-20-9-11-21(12-10-20)34-22(18-7-4-8-19(15-18)26(28,29)30)16-33(25(34)35)14-13-23-31-24(36-32-23)17-5-2-1-3-6-17/h4,7-12,15,17,22H,1-3,5-6,13-14,16H2. The number of hydrogen-bond acceptors (Lipinski definition) is 4. The first-order valence-electron chi connectivity index (χ1n) is 12.1. The van der Waals surface area contributed by atoms with Crippen LogP contribution in [0.25, 0.3) is 0 Å². The Morgan fingerprint density at radius 1 is 1.06 bits per heavy atom. The van der Waals surface area contributed by atoms with Gasteiger partial charge in [0.15, 0.2) is 5.82 Å². The molecule has 5 rings (SSSR count). The van der Waals surface area contributed by atoms with Gasteiger partial charge in [0.1, 0.15) is 0 Å². The molecule has 2 aliphatic rings. The molecule has 1 saturated carbocycles. The Balaban J connectivity index is 1.36. The Hall–Kier alpha value is -3.07. The Morgan fingerprint density at radius 2 is 1.81 bits per heavy atom. The summed E-state index contributed by atoms with van der Waals surface area (Å²) in [5.74, 6) is 1.48. The molecule has 2 aromatic carbocycles. The van der Waals surface area contributed by atoms with Gasteiger partial charge in [-0.3, -0.25) is 4.90 Å². The lowest BCUT2D eigenvalue weighted by molar-refractivity contribution is -0.137. The molecule has 1 atom stereocenters. The van der Waals surface area contributed by atoms with E-state index in [1.807, 2.05) is 0 Å². The van der Waals surface area contributed by atoms with Crippen molar-refractivity contribution >= 4 is 23.3 Å². The summed E-state index contributed by atoms with van der Waals surface area (Å²) >= 11 is 6.02. The predicted octanol–water partition coefficient (Wildman–Crippen LogP) is 7.02. The van der Waals surface area contributed by atoms with E-state index in [2.05, 4.69) is 10.1 Å². The van der Waals surface area contributed by atoms with Crippen LogP contribution in [0.1, 0.15) is 66.9 Å². The first-order valence-corrected chi connectivity index (χ1v) is 12.5. The molecule has 6 nitrogen and oxygen atoms in total. The molecule has 2 fully saturated rings. The van der Waals surface area contributed by atoms with Gasteiger partial charge in [-0.2, -0.15) is 18.2 Å². The smallest absolute Gasteiger partial charge is 0.339 e. The maximum absolute atomic E-state index is 13.5. The second-order valence-corrected chi connectivity index (χ2v) is 9.78. The number of aromatic nitrogens is 2. The van der Waals surface area contributed by atoms with E-state index in [0.29, 0.717) is 46.9 Å². The van der Waals surface area contributed by atoms with Crippen LogP contribution in [0.3, 0.4) is 0 Å². The van der Waals surface area contributed by atoms with Gasteiger partial charge in [-0.1, -0.05) is 48.2 Å². The monoisotopic (exact) mass is 518 g/mol. The van der Waals surface area contributed by atoms with E-state index >= 15 is 0 Å². The Morgan fingerprint density at radius 3 is 2.53 bits per heavy atom. The number of urea groups is 1. The lowest BCUT2D eigenvalue weighted by Gasteiger charge is -2.24. The van der Waals surface area contributed by atoms with Gasteiger partial charge in [0.25, 0.3) is 0 Å². The average Bonchev–Trinajstić information content (AvgIpc) is 3.48. The minimum atomic E-state index is -4.47. The van der Waals surface area contributed by atoms with Crippen molar-refractivity contribution in [2.24, 2.45) is 0 Å². The maximum atomic E-state index is 13.5. The fraction of sp³-hybridized carbons (Fsp3) is 0.423. The minimum Gasteiger partial charge on any atom is -0.339 e. The van der Waals surface area contributed by atoms with Crippen LogP contribution in [0.2, 0.25) is 5.02 Å². The van der Waals surface area contributed by atoms with Crippen LogP contribution in [0.5, 0.6) is 0 Å². The molecule has 1 saturated heterocycles. The summed E-state index contributed by atoms with van der Waals surface area (Å²) in [5, 5.41) is 4.61. The summed E-state index contributed by atoms with van der Waals surface area (Å²) in [6.07, 6.45) is 1.54. The highest BCUT2D eigenvalue weighted by atomic mass is 35.5. The second kappa shape index (κ2) is 10.1. The number of amides is 2. The third kappa shape index (κ3) is 5.21. The van der Waals surface area contributed by atoms with Gasteiger partial charge in [0.05, 0.1) is 11.6 Å². The molecule has 1 unspecified atom stereocenters. The summed E-state index contributed by atoms with van der Waals surface area (Å²) in [4.78, 5) is 21.2. The van der Waals surface area contributed by atoms with E-state index in [1.165, 1.54) is 17.4 Å². The van der Waals surface area contributed by atoms with Gasteiger partial charge in [0.2, 0.25) is 5.89 Å². The number of halogens is 4. The molecule has 10 heteroatoms. The number of alkyl halides is 3. The van der Waals surface area contributed by atoms with Crippen molar-refractivity contribution in [2.75, 3.05) is 18.0 Å². The zero-order chi connectivity index (χ0) is 25.3. The van der Waals surface area contributed by atoms with Gasteiger partial charge < -0.3 is 9.42 Å². The SMILES string of the molecule is O=C1N(CCc2noc(C3CCCCC3)n2)CC(c2cccc(C(F)(F)F)c2)N1c1ccc(Cl)cc1. The van der Waals surface area contributed by atoms with Crippen LogP contribution in [-0.4, -0.2) is 34.2 Å². The van der Waals surface area contributed by atoms with Crippen molar-refractivity contribution in [3.8, 4) is 0 Å². The van der Waals surface area contributed by atoms with Crippen LogP contribution < -0.4 is 4.90 Å². The zero-order valence-corrected chi connectivity index (χ0v) is 20.3. The highest BCUT2D eigenvalue weighted by Crippen LogP contribution is 2.38. The van der Waals surface area contributed by atoms with Crippen LogP contribution >= 0.6 is 11.6 Å². The lowest BCUT2D eigenvalue weighted by atomic mass is 9.89. The second-order valence-electron chi connectivity index (χ2n) is 9.35. The first kappa shape index (κ1) is 24.6. The maximum Gasteiger partial charge on any atom is 0.416 e. The highest BCUT2D eigenvalue weighted by Gasteiger charge is 2.40. The third-order valence-electron chi connectivity index (χ3n) is 6.93. The topological polar surface area (TPSA) is 62.5 Å². The summed E-state index contributed by atoms with van der Waals surface area (Å²) in [5.41, 5.74) is 0.229. The number of carbonyl (C=O) groups excluding carboxylic acids is 1. The van der Waals surface area contributed by atoms with Crippen LogP contribution in [-0.2, 0) is 12.6 Å². The quantitative estimate of drug-likeness (QED) is 0.352. The Kier molecular flexibility index (Phi) is 6.92. The van der Waals surface area contributed by atoms with Crippen LogP contribution in [0.4, 0.5) is 23.7 Å². The lowest BCUT2D eigenvalue weighted by Crippen LogP contribution is -2.33. The molecule has 2 heterocycles. The van der Waals surface area contributed by atoms with Crippen molar-refractivity contribution in [3.05, 3.63) is 76.4 Å². The van der Waals surface area contributed by atoms with Crippen molar-refractivity contribution < 1.29 is 22.5 Å². The number of benzene rings is 2. The number of nitrogens with zero attached hydrogens (tertiary/aromatic N) is 4. The van der Waals surface area contributed by atoms with Crippen molar-refractivity contribution in [1.82, 2.24) is 15.0 Å². The van der Waals surface area contributed by atoms with E-state index in [-0.39, 0.29) is 12.6 Å². The molecule has 0 bridgehead atoms. The van der Waals surface area contributed by atoms with E-state index < -0.39 is 17.8 Å². The summed E-state index contributed by atoms with van der Waals surface area (Å²) < 4.78 is 45.7. The van der Waals surface area contributed by atoms with Gasteiger partial charge >= 0.3 is 12.2 Å². The molecule has 190 valence electrons. The zero-order valence-electron chi connectivity index (χ0n) is 19.5. The van der Waals surface area contributed by atoms with E-state index in [4.69, 9.17) is 16.1 Å². The molecule has 36 heavy (non-hydrogen) atoms. The van der Waals surface area contributed by atoms with E-state index in [9.17, 15) is 18.0 Å². The normalized spacial score (nSPS) is 19.3. The van der Waals surface area contributed by atoms with Gasteiger partial charge in [-0.15, -0.1) is 0 Å². The largest absolute Gasteiger partial charge is 0.416 e. The molecule has 1 aliphatic heterocycles. The molecule has 1 aliphatic carbocycles. The first-order chi connectivity index (χ1) is 17.3. The van der Waals surface area contributed by atoms with Crippen LogP contribution in [0.15, 0.2) is 53.1 Å². The third-order valence-corrected chi connectivity index (χ3v) is 7.18. The molecule has 2 amide bonds. The Bertz CT molecular complexity index is 1210. The molecular weight excluding hydrogens is 493 g/mol. The summed E-state index contributed by atoms with van der Waals surface area (Å²) in [6.45, 7) is 0.554.